The van der Waals surface area contributed by atoms with Crippen LogP contribution in [0.5, 0.6) is 0 Å². The summed E-state index contributed by atoms with van der Waals surface area (Å²) in [7, 11) is 0. The van der Waals surface area contributed by atoms with E-state index >= 15 is 0 Å². The number of anilines is 4. The Balaban J connectivity index is 1.90. The molecule has 0 unspecified atom stereocenters. The molecule has 1 saturated heterocycles. The Bertz CT molecular complexity index is 1080. The van der Waals surface area contributed by atoms with Gasteiger partial charge in [0.05, 0.1) is 30.7 Å². The van der Waals surface area contributed by atoms with E-state index in [0.29, 0.717) is 26.3 Å². The second kappa shape index (κ2) is 11.1. The number of nitrogens with one attached hydrogen (secondary N) is 3. The van der Waals surface area contributed by atoms with Gasteiger partial charge in [-0.3, -0.25) is 4.79 Å². The van der Waals surface area contributed by atoms with Crippen LogP contribution >= 0.6 is 0 Å². The number of carbonyl (C=O) groups excluding carboxylic acids is 1. The Kier molecular flexibility index (Phi) is 8.22. The molecule has 3 heterocycles. The van der Waals surface area contributed by atoms with Crippen LogP contribution in [0.3, 0.4) is 0 Å². The Morgan fingerprint density at radius 1 is 1.14 bits per heavy atom. The minimum absolute atomic E-state index is 0.108. The summed E-state index contributed by atoms with van der Waals surface area (Å²) in [5.74, 6) is -2.67. The third-order valence-corrected chi connectivity index (χ3v) is 5.55. The number of hydrogen-bond donors (Lipinski definition) is 5. The van der Waals surface area contributed by atoms with Crippen molar-refractivity contribution in [3.63, 3.8) is 0 Å². The molecule has 1 aliphatic rings. The van der Waals surface area contributed by atoms with Crippen molar-refractivity contribution >= 4 is 35.1 Å². The Morgan fingerprint density at radius 2 is 1.83 bits per heavy atom. The smallest absolute Gasteiger partial charge is 0.404 e. The molecule has 11 nitrogen and oxygen atoms in total. The van der Waals surface area contributed by atoms with Gasteiger partial charge in [-0.1, -0.05) is 13.8 Å². The Hall–Kier alpha value is -3.74. The van der Waals surface area contributed by atoms with E-state index in [-0.39, 0.29) is 34.6 Å². The first-order valence-corrected chi connectivity index (χ1v) is 11.1. The highest BCUT2D eigenvalue weighted by molar-refractivity contribution is 5.98. The fourth-order valence-corrected chi connectivity index (χ4v) is 3.83. The van der Waals surface area contributed by atoms with E-state index in [0.717, 1.165) is 6.07 Å². The van der Waals surface area contributed by atoms with Gasteiger partial charge in [-0.05, 0) is 18.9 Å². The molecular formula is C22H29F2N7O4. The lowest BCUT2D eigenvalue weighted by Crippen LogP contribution is -2.47. The van der Waals surface area contributed by atoms with E-state index in [4.69, 9.17) is 15.6 Å². The number of halogens is 2. The average molecular weight is 494 g/mol. The summed E-state index contributed by atoms with van der Waals surface area (Å²) in [6, 6.07) is 0.981. The fraction of sp³-hybridized carbons (Fsp3) is 0.455. The van der Waals surface area contributed by atoms with E-state index in [2.05, 4.69) is 25.9 Å². The predicted octanol–water partition coefficient (Wildman–Crippen LogP) is 2.53. The van der Waals surface area contributed by atoms with Gasteiger partial charge in [0.15, 0.2) is 23.3 Å². The molecule has 2 atom stereocenters. The molecule has 0 bridgehead atoms. The van der Waals surface area contributed by atoms with Crippen LogP contribution in [0.4, 0.5) is 36.7 Å². The number of morpholine rings is 1. The van der Waals surface area contributed by atoms with Crippen LogP contribution in [0.25, 0.3) is 0 Å². The van der Waals surface area contributed by atoms with Crippen molar-refractivity contribution in [3.05, 3.63) is 35.5 Å². The molecule has 190 valence electrons. The summed E-state index contributed by atoms with van der Waals surface area (Å²) in [4.78, 5) is 33.1. The predicted molar refractivity (Wildman–Crippen MR) is 126 cm³/mol. The summed E-state index contributed by atoms with van der Waals surface area (Å²) >= 11 is 0. The molecular weight excluding hydrogens is 464 g/mol. The van der Waals surface area contributed by atoms with Gasteiger partial charge in [-0.15, -0.1) is 0 Å². The van der Waals surface area contributed by atoms with Crippen LogP contribution in [-0.2, 0) is 4.74 Å². The van der Waals surface area contributed by atoms with Gasteiger partial charge >= 0.3 is 6.09 Å². The number of nitrogens with zero attached hydrogens (tertiary/aromatic N) is 3. The zero-order valence-corrected chi connectivity index (χ0v) is 19.6. The van der Waals surface area contributed by atoms with Crippen molar-refractivity contribution in [3.8, 4) is 0 Å². The molecule has 2 aromatic rings. The molecule has 0 aliphatic carbocycles. The third-order valence-electron chi connectivity index (χ3n) is 5.55. The second-order valence-corrected chi connectivity index (χ2v) is 8.49. The van der Waals surface area contributed by atoms with E-state index in [1.807, 2.05) is 13.8 Å². The van der Waals surface area contributed by atoms with Crippen molar-refractivity contribution in [2.24, 2.45) is 11.7 Å². The maximum atomic E-state index is 14.8. The number of aromatic nitrogens is 2. The maximum Gasteiger partial charge on any atom is 0.404 e. The molecule has 2 amide bonds. The standard InChI is InChI=1S/C22H29F2N7O4/c1-11(2)17(12(3)27-22(33)34)29-20-15(23)9-14(18(25)32)19(30-20)28-13-8-16(24)21(26-10-13)31-4-6-35-7-5-31/h8-12,17,27H,4-7H2,1-3H3,(H2,25,32)(H,33,34)(H2,28,29,30)/t12-,17-/m0/s1. The van der Waals surface area contributed by atoms with Gasteiger partial charge in [-0.2, -0.15) is 0 Å². The molecule has 2 aromatic heterocycles. The number of carboxylic acid groups (broad SMARTS) is 1. The number of hydrogen-bond acceptors (Lipinski definition) is 8. The quantitative estimate of drug-likeness (QED) is 0.354. The van der Waals surface area contributed by atoms with E-state index < -0.39 is 35.7 Å². The first-order valence-electron chi connectivity index (χ1n) is 11.1. The Morgan fingerprint density at radius 3 is 2.40 bits per heavy atom. The monoisotopic (exact) mass is 493 g/mol. The SMILES string of the molecule is CC(C)[C@H](Nc1nc(Nc2cnc(N3CCOCC3)c(F)c2)c(C(N)=O)cc1F)[C@H](C)NC(=O)O. The number of ether oxygens (including phenoxy) is 1. The Labute approximate surface area is 201 Å². The van der Waals surface area contributed by atoms with Crippen LogP contribution in [0.15, 0.2) is 18.3 Å². The summed E-state index contributed by atoms with van der Waals surface area (Å²) in [5.41, 5.74) is 5.33. The van der Waals surface area contributed by atoms with Gasteiger partial charge in [0, 0.05) is 31.2 Å². The van der Waals surface area contributed by atoms with Crippen LogP contribution in [0.1, 0.15) is 31.1 Å². The van der Waals surface area contributed by atoms with E-state index in [1.54, 1.807) is 11.8 Å². The minimum Gasteiger partial charge on any atom is -0.465 e. The highest BCUT2D eigenvalue weighted by Gasteiger charge is 2.25. The molecule has 0 spiro atoms. The first-order chi connectivity index (χ1) is 16.6. The lowest BCUT2D eigenvalue weighted by Gasteiger charge is -2.29. The number of nitrogens with two attached hydrogens (primary N) is 1. The van der Waals surface area contributed by atoms with E-state index in [1.165, 1.54) is 12.3 Å². The van der Waals surface area contributed by atoms with Crippen molar-refractivity contribution in [2.75, 3.05) is 41.8 Å². The van der Waals surface area contributed by atoms with Gasteiger partial charge in [0.1, 0.15) is 5.82 Å². The largest absolute Gasteiger partial charge is 0.465 e. The van der Waals surface area contributed by atoms with Crippen molar-refractivity contribution in [1.82, 2.24) is 15.3 Å². The van der Waals surface area contributed by atoms with Crippen LogP contribution in [0.2, 0.25) is 0 Å². The fourth-order valence-electron chi connectivity index (χ4n) is 3.83. The molecule has 0 saturated carbocycles. The van der Waals surface area contributed by atoms with E-state index in [9.17, 15) is 18.4 Å². The van der Waals surface area contributed by atoms with Crippen molar-refractivity contribution < 1.29 is 28.2 Å². The van der Waals surface area contributed by atoms with Crippen molar-refractivity contribution in [2.45, 2.75) is 32.9 Å². The van der Waals surface area contributed by atoms with Gasteiger partial charge in [0.25, 0.3) is 5.91 Å². The molecule has 1 aliphatic heterocycles. The molecule has 6 N–H and O–H groups in total. The van der Waals surface area contributed by atoms with Crippen LogP contribution in [0, 0.1) is 17.6 Å². The molecule has 35 heavy (non-hydrogen) atoms. The van der Waals surface area contributed by atoms with Crippen molar-refractivity contribution in [1.29, 1.82) is 0 Å². The number of amides is 2. The summed E-state index contributed by atoms with van der Waals surface area (Å²) in [5, 5.41) is 17.0. The summed E-state index contributed by atoms with van der Waals surface area (Å²) < 4.78 is 34.9. The minimum atomic E-state index is -1.22. The lowest BCUT2D eigenvalue weighted by molar-refractivity contribution is 0.1000. The molecule has 3 rings (SSSR count). The van der Waals surface area contributed by atoms with Gasteiger partial charge < -0.3 is 36.4 Å². The number of pyridine rings is 2. The van der Waals surface area contributed by atoms with Crippen LogP contribution in [-0.4, -0.2) is 65.5 Å². The second-order valence-electron chi connectivity index (χ2n) is 8.49. The first kappa shape index (κ1) is 25.9. The highest BCUT2D eigenvalue weighted by atomic mass is 19.1. The number of carbonyl (C=O) groups is 2. The highest BCUT2D eigenvalue weighted by Crippen LogP contribution is 2.27. The average Bonchev–Trinajstić information content (AvgIpc) is 2.78. The lowest BCUT2D eigenvalue weighted by atomic mass is 9.97. The zero-order valence-electron chi connectivity index (χ0n) is 19.6. The molecule has 1 fully saturated rings. The zero-order chi connectivity index (χ0) is 25.7. The topological polar surface area (TPSA) is 155 Å². The number of rotatable bonds is 9. The molecule has 13 heteroatoms. The summed E-state index contributed by atoms with van der Waals surface area (Å²) in [6.07, 6.45) is 0.145. The third kappa shape index (κ3) is 6.44. The van der Waals surface area contributed by atoms with Gasteiger partial charge in [-0.25, -0.2) is 23.5 Å². The number of primary amides is 1. The molecule has 0 radical (unpaired) electrons. The van der Waals surface area contributed by atoms with Crippen LogP contribution < -0.4 is 26.6 Å². The normalized spacial score (nSPS) is 15.4. The summed E-state index contributed by atoms with van der Waals surface area (Å²) in [6.45, 7) is 7.23. The molecule has 0 aromatic carbocycles. The van der Waals surface area contributed by atoms with Gasteiger partial charge in [0.2, 0.25) is 0 Å². The maximum absolute atomic E-state index is 14.8.